The minimum atomic E-state index is -0.241. The zero-order valence-electron chi connectivity index (χ0n) is 29.2. The van der Waals surface area contributed by atoms with Crippen LogP contribution in [0.4, 0.5) is 17.1 Å². The lowest BCUT2D eigenvalue weighted by Crippen LogP contribution is -2.21. The monoisotopic (exact) mass is 659 g/mol. The molecule has 1 aliphatic rings. The van der Waals surface area contributed by atoms with Gasteiger partial charge in [-0.25, -0.2) is 0 Å². The van der Waals surface area contributed by atoms with E-state index in [4.69, 9.17) is 4.42 Å². The molecule has 0 bridgehead atoms. The molecule has 2 heteroatoms. The normalized spacial score (nSPS) is 13.6. The van der Waals surface area contributed by atoms with Gasteiger partial charge in [0.1, 0.15) is 5.58 Å². The molecular formula is C49H41NO. The van der Waals surface area contributed by atoms with Gasteiger partial charge in [-0.05, 0) is 94.5 Å². The number of para-hydroxylation sites is 3. The maximum absolute atomic E-state index is 7.31. The van der Waals surface area contributed by atoms with Crippen LogP contribution in [0, 0.1) is 0 Å². The summed E-state index contributed by atoms with van der Waals surface area (Å²) in [5, 5.41) is 2.33. The van der Waals surface area contributed by atoms with E-state index in [1.807, 2.05) is 0 Å². The van der Waals surface area contributed by atoms with Crippen LogP contribution in [0.25, 0.3) is 33.1 Å². The minimum absolute atomic E-state index is 0.241. The van der Waals surface area contributed by atoms with Crippen LogP contribution in [0.5, 0.6) is 0 Å². The summed E-state index contributed by atoms with van der Waals surface area (Å²) in [6, 6.07) is 61.5. The van der Waals surface area contributed by atoms with Gasteiger partial charge >= 0.3 is 0 Å². The van der Waals surface area contributed by atoms with Crippen LogP contribution in [0.3, 0.4) is 0 Å². The second-order valence-electron chi connectivity index (χ2n) is 14.4. The third-order valence-corrected chi connectivity index (χ3v) is 11.0. The lowest BCUT2D eigenvalue weighted by Gasteiger charge is -2.32. The Kier molecular flexibility index (Phi) is 7.81. The molecule has 0 radical (unpaired) electrons. The van der Waals surface area contributed by atoms with Crippen LogP contribution >= 0.6 is 0 Å². The van der Waals surface area contributed by atoms with Gasteiger partial charge in [0.05, 0.1) is 5.69 Å². The summed E-state index contributed by atoms with van der Waals surface area (Å²) in [4.78, 5) is 2.42. The number of nitrogens with zero attached hydrogens (tertiary/aromatic N) is 1. The van der Waals surface area contributed by atoms with Crippen LogP contribution in [0.15, 0.2) is 174 Å². The molecule has 1 unspecified atom stereocenters. The summed E-state index contributed by atoms with van der Waals surface area (Å²) < 4.78 is 7.31. The molecule has 0 saturated carbocycles. The predicted molar refractivity (Wildman–Crippen MR) is 214 cm³/mol. The average Bonchev–Trinajstić information content (AvgIpc) is 3.67. The van der Waals surface area contributed by atoms with Gasteiger partial charge in [0.2, 0.25) is 0 Å². The molecule has 1 aromatic heterocycles. The number of benzene rings is 7. The van der Waals surface area contributed by atoms with Crippen molar-refractivity contribution in [1.29, 1.82) is 0 Å². The highest BCUT2D eigenvalue weighted by atomic mass is 16.3. The molecule has 9 rings (SSSR count). The standard InChI is InChI=1S/C49H41NO/c1-49(2)44-29-16-15-27-40(44)42-33-43-41-28-17-22-37(32-36(35-20-9-4-10-21-35)31-30-34-18-7-3-8-19-34)47(41)51-48(43)46(45(42)49)50(38-23-11-5-12-24-38)39-25-13-6-14-26-39/h3-29,33,36H,30-32H2,1-2H3. The Balaban J connectivity index is 1.28. The molecule has 1 aliphatic carbocycles. The Morgan fingerprint density at radius 1 is 0.569 bits per heavy atom. The highest BCUT2D eigenvalue weighted by Gasteiger charge is 2.41. The first-order valence-corrected chi connectivity index (χ1v) is 18.2. The van der Waals surface area contributed by atoms with Gasteiger partial charge in [-0.1, -0.05) is 153 Å². The van der Waals surface area contributed by atoms with Crippen LogP contribution in [0.2, 0.25) is 0 Å². The lowest BCUT2D eigenvalue weighted by molar-refractivity contribution is 0.608. The van der Waals surface area contributed by atoms with Gasteiger partial charge in [0.25, 0.3) is 0 Å². The number of hydrogen-bond acceptors (Lipinski definition) is 2. The first kappa shape index (κ1) is 31.1. The van der Waals surface area contributed by atoms with E-state index in [1.165, 1.54) is 44.3 Å². The van der Waals surface area contributed by atoms with Crippen molar-refractivity contribution in [2.45, 2.75) is 44.4 Å². The van der Waals surface area contributed by atoms with Crippen LogP contribution in [0.1, 0.15) is 54.0 Å². The Labute approximate surface area is 300 Å². The van der Waals surface area contributed by atoms with Crippen molar-refractivity contribution < 1.29 is 4.42 Å². The smallest absolute Gasteiger partial charge is 0.159 e. The zero-order chi connectivity index (χ0) is 34.4. The Bertz CT molecular complexity index is 2420. The number of rotatable bonds is 9. The van der Waals surface area contributed by atoms with Crippen molar-refractivity contribution in [3.63, 3.8) is 0 Å². The molecule has 0 N–H and O–H groups in total. The van der Waals surface area contributed by atoms with Crippen molar-refractivity contribution in [2.75, 3.05) is 4.90 Å². The van der Waals surface area contributed by atoms with Crippen molar-refractivity contribution in [3.05, 3.63) is 198 Å². The molecule has 51 heavy (non-hydrogen) atoms. The number of fused-ring (bicyclic) bond motifs is 6. The van der Waals surface area contributed by atoms with E-state index < -0.39 is 0 Å². The molecule has 1 atom stereocenters. The molecule has 8 aromatic rings. The number of anilines is 3. The number of furan rings is 1. The number of aryl methyl sites for hydroxylation is 1. The predicted octanol–water partition coefficient (Wildman–Crippen LogP) is 13.3. The van der Waals surface area contributed by atoms with E-state index in [1.54, 1.807) is 0 Å². The van der Waals surface area contributed by atoms with Gasteiger partial charge < -0.3 is 9.32 Å². The molecule has 1 heterocycles. The van der Waals surface area contributed by atoms with E-state index in [2.05, 4.69) is 189 Å². The summed E-state index contributed by atoms with van der Waals surface area (Å²) in [6.07, 6.45) is 2.99. The summed E-state index contributed by atoms with van der Waals surface area (Å²) in [6.45, 7) is 4.74. The third kappa shape index (κ3) is 5.43. The third-order valence-electron chi connectivity index (χ3n) is 11.0. The fourth-order valence-electron chi connectivity index (χ4n) is 8.51. The van der Waals surface area contributed by atoms with Crippen molar-refractivity contribution in [2.24, 2.45) is 0 Å². The largest absolute Gasteiger partial charge is 0.454 e. The quantitative estimate of drug-likeness (QED) is 0.153. The summed E-state index contributed by atoms with van der Waals surface area (Å²) in [7, 11) is 0. The Morgan fingerprint density at radius 2 is 1.18 bits per heavy atom. The summed E-state index contributed by atoms with van der Waals surface area (Å²) in [5.41, 5.74) is 14.3. The van der Waals surface area contributed by atoms with Crippen LogP contribution in [-0.4, -0.2) is 0 Å². The minimum Gasteiger partial charge on any atom is -0.454 e. The summed E-state index contributed by atoms with van der Waals surface area (Å²) in [5.74, 6) is 0.352. The first-order chi connectivity index (χ1) is 25.1. The first-order valence-electron chi connectivity index (χ1n) is 18.2. The summed E-state index contributed by atoms with van der Waals surface area (Å²) >= 11 is 0. The lowest BCUT2D eigenvalue weighted by atomic mass is 9.80. The maximum Gasteiger partial charge on any atom is 0.159 e. The second-order valence-corrected chi connectivity index (χ2v) is 14.4. The molecule has 248 valence electrons. The molecule has 0 aliphatic heterocycles. The zero-order valence-corrected chi connectivity index (χ0v) is 29.2. The van der Waals surface area contributed by atoms with Gasteiger partial charge in [-0.15, -0.1) is 0 Å². The molecule has 0 fully saturated rings. The van der Waals surface area contributed by atoms with Gasteiger partial charge in [0, 0.05) is 27.6 Å². The molecule has 7 aromatic carbocycles. The second kappa shape index (κ2) is 12.8. The van der Waals surface area contributed by atoms with E-state index in [0.29, 0.717) is 5.92 Å². The maximum atomic E-state index is 7.31. The van der Waals surface area contributed by atoms with E-state index in [9.17, 15) is 0 Å². The number of hydrogen-bond donors (Lipinski definition) is 0. The highest BCUT2D eigenvalue weighted by molar-refractivity contribution is 6.15. The van der Waals surface area contributed by atoms with Gasteiger partial charge in [-0.2, -0.15) is 0 Å². The molecule has 2 nitrogen and oxygen atoms in total. The topological polar surface area (TPSA) is 16.4 Å². The molecular weight excluding hydrogens is 619 g/mol. The fraction of sp³-hybridized carbons (Fsp3) is 0.143. The van der Waals surface area contributed by atoms with Gasteiger partial charge in [-0.3, -0.25) is 0 Å². The van der Waals surface area contributed by atoms with Crippen molar-refractivity contribution in [1.82, 2.24) is 0 Å². The van der Waals surface area contributed by atoms with E-state index in [-0.39, 0.29) is 5.41 Å². The SMILES string of the molecule is CC1(C)c2ccccc2-c2cc3c(oc4c(CC(CCc5ccccc5)c5ccccc5)cccc43)c(N(c3ccccc3)c3ccccc3)c21. The van der Waals surface area contributed by atoms with Crippen LogP contribution in [-0.2, 0) is 18.3 Å². The fourth-order valence-corrected chi connectivity index (χ4v) is 8.51. The molecule has 0 amide bonds. The highest BCUT2D eigenvalue weighted by Crippen LogP contribution is 2.57. The van der Waals surface area contributed by atoms with Crippen LogP contribution < -0.4 is 4.90 Å². The Morgan fingerprint density at radius 3 is 1.86 bits per heavy atom. The Hall–Kier alpha value is -5.86. The van der Waals surface area contributed by atoms with E-state index >= 15 is 0 Å². The van der Waals surface area contributed by atoms with Crippen molar-refractivity contribution in [3.8, 4) is 11.1 Å². The van der Waals surface area contributed by atoms with Crippen molar-refractivity contribution >= 4 is 39.0 Å². The molecule has 0 saturated heterocycles. The average molecular weight is 660 g/mol. The molecule has 0 spiro atoms. The van der Waals surface area contributed by atoms with Gasteiger partial charge in [0.15, 0.2) is 5.58 Å². The van der Waals surface area contributed by atoms with E-state index in [0.717, 1.165) is 52.9 Å².